The Bertz CT molecular complexity index is 1190. The molecule has 202 valence electrons. The first-order valence-electron chi connectivity index (χ1n) is 12.3. The van der Waals surface area contributed by atoms with Crippen molar-refractivity contribution in [3.63, 3.8) is 0 Å². The average Bonchev–Trinajstić information content (AvgIpc) is 2.87. The minimum atomic E-state index is -3.85. The molecule has 1 heterocycles. The van der Waals surface area contributed by atoms with Gasteiger partial charge in [0, 0.05) is 24.2 Å². The first-order valence-corrected chi connectivity index (χ1v) is 14.6. The fourth-order valence-corrected chi connectivity index (χ4v) is 4.98. The lowest BCUT2D eigenvalue weighted by Gasteiger charge is -2.33. The molecule has 9 nitrogen and oxygen atoms in total. The van der Waals surface area contributed by atoms with Crippen molar-refractivity contribution in [2.24, 2.45) is 0 Å². The highest BCUT2D eigenvalue weighted by Crippen LogP contribution is 2.34. The maximum Gasteiger partial charge on any atom is 0.244 e. The van der Waals surface area contributed by atoms with Crippen molar-refractivity contribution < 1.29 is 27.5 Å². The molecule has 0 saturated carbocycles. The zero-order chi connectivity index (χ0) is 27.0. The van der Waals surface area contributed by atoms with E-state index in [1.54, 1.807) is 42.5 Å². The van der Waals surface area contributed by atoms with E-state index in [-0.39, 0.29) is 18.1 Å². The number of nitrogens with one attached hydrogen (secondary N) is 1. The SMILES string of the molecule is CCCCNC(=O)C(CC)N(Cc1ccc(Cl)cc1)C(=O)CN(c1ccc2c(c1)OCCO2)S(C)(=O)=O. The molecule has 0 radical (unpaired) electrons. The Kier molecular flexibility index (Phi) is 10.0. The van der Waals surface area contributed by atoms with Gasteiger partial charge in [-0.15, -0.1) is 0 Å². The summed E-state index contributed by atoms with van der Waals surface area (Å²) in [6.45, 7) is 4.73. The largest absolute Gasteiger partial charge is 0.486 e. The Morgan fingerprint density at radius 3 is 2.35 bits per heavy atom. The summed E-state index contributed by atoms with van der Waals surface area (Å²) in [5, 5.41) is 3.45. The first kappa shape index (κ1) is 28.6. The van der Waals surface area contributed by atoms with E-state index in [0.29, 0.717) is 42.7 Å². The summed E-state index contributed by atoms with van der Waals surface area (Å²) in [5.74, 6) is 0.134. The molecule has 37 heavy (non-hydrogen) atoms. The molecule has 0 spiro atoms. The summed E-state index contributed by atoms with van der Waals surface area (Å²) in [6, 6.07) is 10.9. The lowest BCUT2D eigenvalue weighted by Crippen LogP contribution is -2.52. The molecule has 2 amide bonds. The Hall–Kier alpha value is -2.98. The van der Waals surface area contributed by atoms with Crippen LogP contribution in [0.4, 0.5) is 5.69 Å². The lowest BCUT2D eigenvalue weighted by molar-refractivity contribution is -0.140. The van der Waals surface area contributed by atoms with Gasteiger partial charge in [0.2, 0.25) is 21.8 Å². The van der Waals surface area contributed by atoms with E-state index in [1.807, 2.05) is 13.8 Å². The van der Waals surface area contributed by atoms with Gasteiger partial charge in [0.05, 0.1) is 11.9 Å². The average molecular weight is 552 g/mol. The number of ether oxygens (including phenoxy) is 2. The third-order valence-electron chi connectivity index (χ3n) is 5.97. The molecule has 1 N–H and O–H groups in total. The molecule has 11 heteroatoms. The Morgan fingerprint density at radius 2 is 1.73 bits per heavy atom. The highest BCUT2D eigenvalue weighted by molar-refractivity contribution is 7.92. The van der Waals surface area contributed by atoms with E-state index in [1.165, 1.54) is 4.90 Å². The molecule has 1 unspecified atom stereocenters. The van der Waals surface area contributed by atoms with Gasteiger partial charge in [-0.05, 0) is 42.7 Å². The lowest BCUT2D eigenvalue weighted by atomic mass is 10.1. The van der Waals surface area contributed by atoms with Gasteiger partial charge in [-0.2, -0.15) is 0 Å². The number of unbranched alkanes of at least 4 members (excludes halogenated alkanes) is 1. The monoisotopic (exact) mass is 551 g/mol. The Balaban J connectivity index is 1.92. The highest BCUT2D eigenvalue weighted by Gasteiger charge is 2.32. The molecular weight excluding hydrogens is 518 g/mol. The summed E-state index contributed by atoms with van der Waals surface area (Å²) >= 11 is 6.02. The second-order valence-electron chi connectivity index (χ2n) is 8.81. The summed E-state index contributed by atoms with van der Waals surface area (Å²) in [4.78, 5) is 28.2. The smallest absolute Gasteiger partial charge is 0.244 e. The van der Waals surface area contributed by atoms with Crippen LogP contribution < -0.4 is 19.1 Å². The number of carbonyl (C=O) groups excluding carboxylic acids is 2. The van der Waals surface area contributed by atoms with Crippen molar-refractivity contribution >= 4 is 39.1 Å². The van der Waals surface area contributed by atoms with Crippen LogP contribution in [0.1, 0.15) is 38.7 Å². The summed E-state index contributed by atoms with van der Waals surface area (Å²) in [5.41, 5.74) is 1.04. The van der Waals surface area contributed by atoms with Crippen molar-refractivity contribution in [1.29, 1.82) is 0 Å². The van der Waals surface area contributed by atoms with Crippen LogP contribution in [0.3, 0.4) is 0 Å². The number of anilines is 1. The number of halogens is 1. The zero-order valence-electron chi connectivity index (χ0n) is 21.4. The van der Waals surface area contributed by atoms with Crippen LogP contribution in [0.15, 0.2) is 42.5 Å². The van der Waals surface area contributed by atoms with Gasteiger partial charge in [0.15, 0.2) is 11.5 Å². The Labute approximate surface area is 223 Å². The van der Waals surface area contributed by atoms with Crippen molar-refractivity contribution in [2.75, 3.05) is 36.9 Å². The highest BCUT2D eigenvalue weighted by atomic mass is 35.5. The zero-order valence-corrected chi connectivity index (χ0v) is 23.0. The maximum absolute atomic E-state index is 13.7. The number of benzene rings is 2. The van der Waals surface area contributed by atoms with E-state index in [2.05, 4.69) is 5.32 Å². The van der Waals surface area contributed by atoms with Gasteiger partial charge in [-0.25, -0.2) is 8.42 Å². The second-order valence-corrected chi connectivity index (χ2v) is 11.2. The van der Waals surface area contributed by atoms with Crippen molar-refractivity contribution in [3.8, 4) is 11.5 Å². The molecule has 0 aromatic heterocycles. The molecule has 0 bridgehead atoms. The van der Waals surface area contributed by atoms with Crippen LogP contribution in [0, 0.1) is 0 Å². The molecule has 1 aliphatic heterocycles. The molecule has 2 aromatic carbocycles. The van der Waals surface area contributed by atoms with Crippen LogP contribution in [0.25, 0.3) is 0 Å². The molecule has 0 saturated heterocycles. The van der Waals surface area contributed by atoms with Gasteiger partial charge in [-0.3, -0.25) is 13.9 Å². The third kappa shape index (κ3) is 7.75. The molecule has 0 aliphatic carbocycles. The molecular formula is C26H34ClN3O6S. The van der Waals surface area contributed by atoms with Crippen LogP contribution >= 0.6 is 11.6 Å². The van der Waals surface area contributed by atoms with Gasteiger partial charge in [-0.1, -0.05) is 44.0 Å². The number of nitrogens with zero attached hydrogens (tertiary/aromatic N) is 2. The van der Waals surface area contributed by atoms with E-state index in [9.17, 15) is 18.0 Å². The van der Waals surface area contributed by atoms with Crippen LogP contribution in [0.2, 0.25) is 5.02 Å². The summed E-state index contributed by atoms with van der Waals surface area (Å²) in [7, 11) is -3.85. The van der Waals surface area contributed by atoms with Gasteiger partial charge in [0.25, 0.3) is 0 Å². The van der Waals surface area contributed by atoms with Crippen LogP contribution in [-0.2, 0) is 26.2 Å². The number of hydrogen-bond acceptors (Lipinski definition) is 6. The van der Waals surface area contributed by atoms with E-state index < -0.39 is 28.5 Å². The fraction of sp³-hybridized carbons (Fsp3) is 0.462. The number of rotatable bonds is 12. The summed E-state index contributed by atoms with van der Waals surface area (Å²) in [6.07, 6.45) is 3.14. The molecule has 3 rings (SSSR count). The van der Waals surface area contributed by atoms with E-state index in [0.717, 1.165) is 29.0 Å². The molecule has 1 atom stereocenters. The van der Waals surface area contributed by atoms with Crippen LogP contribution in [-0.4, -0.2) is 63.7 Å². The van der Waals surface area contributed by atoms with Crippen molar-refractivity contribution in [3.05, 3.63) is 53.1 Å². The minimum Gasteiger partial charge on any atom is -0.486 e. The number of fused-ring (bicyclic) bond motifs is 1. The van der Waals surface area contributed by atoms with E-state index >= 15 is 0 Å². The van der Waals surface area contributed by atoms with Crippen molar-refractivity contribution in [2.45, 2.75) is 45.7 Å². The summed E-state index contributed by atoms with van der Waals surface area (Å²) < 4.78 is 37.7. The third-order valence-corrected chi connectivity index (χ3v) is 7.37. The second kappa shape index (κ2) is 13.0. The fourth-order valence-electron chi connectivity index (χ4n) is 4.01. The molecule has 1 aliphatic rings. The van der Waals surface area contributed by atoms with Gasteiger partial charge in [0.1, 0.15) is 25.8 Å². The predicted molar refractivity (Wildman–Crippen MR) is 144 cm³/mol. The molecule has 2 aromatic rings. The number of sulfonamides is 1. The standard InChI is InChI=1S/C26H34ClN3O6S/c1-4-6-13-28-26(32)22(5-2)29(17-19-7-9-20(27)10-8-19)25(31)18-30(37(3,33)34)21-11-12-23-24(16-21)36-15-14-35-23/h7-12,16,22H,4-6,13-15,17-18H2,1-3H3,(H,28,32). The normalized spacial score (nSPS) is 13.5. The van der Waals surface area contributed by atoms with Gasteiger partial charge >= 0.3 is 0 Å². The minimum absolute atomic E-state index is 0.119. The quantitative estimate of drug-likeness (QED) is 0.404. The van der Waals surface area contributed by atoms with Gasteiger partial charge < -0.3 is 19.7 Å². The topological polar surface area (TPSA) is 105 Å². The Morgan fingerprint density at radius 1 is 1.05 bits per heavy atom. The first-order chi connectivity index (χ1) is 17.6. The number of hydrogen-bond donors (Lipinski definition) is 1. The number of amides is 2. The predicted octanol–water partition coefficient (Wildman–Crippen LogP) is 3.60. The maximum atomic E-state index is 13.7. The van der Waals surface area contributed by atoms with E-state index in [4.69, 9.17) is 21.1 Å². The van der Waals surface area contributed by atoms with Crippen molar-refractivity contribution in [1.82, 2.24) is 10.2 Å². The molecule has 0 fully saturated rings. The number of carbonyl (C=O) groups is 2. The van der Waals surface area contributed by atoms with Crippen LogP contribution in [0.5, 0.6) is 11.5 Å².